The standard InChI is InChI=1S/C16H17Cl2NO/c1-2-20-16(11-6-4-3-5-7-11)15(19)13-10-12(17)8-9-14(13)18/h3-10,15-16H,2,19H2,1H3. The van der Waals surface area contributed by atoms with Gasteiger partial charge in [0.2, 0.25) is 0 Å². The Kier molecular flexibility index (Phi) is 5.44. The van der Waals surface area contributed by atoms with Gasteiger partial charge in [-0.3, -0.25) is 0 Å². The predicted molar refractivity (Wildman–Crippen MR) is 84.2 cm³/mol. The highest BCUT2D eigenvalue weighted by Gasteiger charge is 2.23. The smallest absolute Gasteiger partial charge is 0.102 e. The first-order valence-electron chi connectivity index (χ1n) is 6.50. The van der Waals surface area contributed by atoms with E-state index in [9.17, 15) is 0 Å². The van der Waals surface area contributed by atoms with E-state index in [2.05, 4.69) is 0 Å². The van der Waals surface area contributed by atoms with Gasteiger partial charge in [0.05, 0.1) is 6.04 Å². The summed E-state index contributed by atoms with van der Waals surface area (Å²) in [4.78, 5) is 0. The number of hydrogen-bond donors (Lipinski definition) is 1. The monoisotopic (exact) mass is 309 g/mol. The Bertz CT molecular complexity index is 560. The fourth-order valence-corrected chi connectivity index (χ4v) is 2.59. The second-order valence-corrected chi connectivity index (χ2v) is 5.32. The van der Waals surface area contributed by atoms with Gasteiger partial charge in [0.15, 0.2) is 0 Å². The molecule has 0 heterocycles. The van der Waals surface area contributed by atoms with Crippen LogP contribution in [0.1, 0.15) is 30.2 Å². The van der Waals surface area contributed by atoms with E-state index in [1.807, 2.05) is 37.3 Å². The zero-order valence-corrected chi connectivity index (χ0v) is 12.7. The Morgan fingerprint density at radius 1 is 1.10 bits per heavy atom. The molecule has 2 rings (SSSR count). The first kappa shape index (κ1) is 15.3. The molecule has 106 valence electrons. The van der Waals surface area contributed by atoms with Crippen molar-refractivity contribution in [3.05, 3.63) is 69.7 Å². The van der Waals surface area contributed by atoms with E-state index < -0.39 is 0 Å². The first-order chi connectivity index (χ1) is 9.63. The molecule has 2 nitrogen and oxygen atoms in total. The SMILES string of the molecule is CCOC(c1ccccc1)C(N)c1cc(Cl)ccc1Cl. The minimum absolute atomic E-state index is 0.253. The third-order valence-corrected chi connectivity index (χ3v) is 3.70. The average molecular weight is 310 g/mol. The molecule has 2 aromatic carbocycles. The van der Waals surface area contributed by atoms with Gasteiger partial charge in [-0.1, -0.05) is 53.5 Å². The normalized spacial score (nSPS) is 14.0. The van der Waals surface area contributed by atoms with E-state index in [1.165, 1.54) is 0 Å². The molecule has 0 amide bonds. The van der Waals surface area contributed by atoms with Crippen LogP contribution in [0.2, 0.25) is 10.0 Å². The Morgan fingerprint density at radius 3 is 2.45 bits per heavy atom. The van der Waals surface area contributed by atoms with Gasteiger partial charge in [0, 0.05) is 16.7 Å². The largest absolute Gasteiger partial charge is 0.372 e. The summed E-state index contributed by atoms with van der Waals surface area (Å²) in [6.45, 7) is 2.52. The second kappa shape index (κ2) is 7.09. The van der Waals surface area contributed by atoms with E-state index in [1.54, 1.807) is 18.2 Å². The maximum atomic E-state index is 6.36. The molecular weight excluding hydrogens is 293 g/mol. The molecule has 4 heteroatoms. The maximum Gasteiger partial charge on any atom is 0.102 e. The summed E-state index contributed by atoms with van der Waals surface area (Å²) in [6, 6.07) is 14.8. The molecule has 0 aliphatic rings. The van der Waals surface area contributed by atoms with E-state index in [0.717, 1.165) is 11.1 Å². The van der Waals surface area contributed by atoms with Crippen molar-refractivity contribution in [1.82, 2.24) is 0 Å². The third-order valence-electron chi connectivity index (χ3n) is 3.12. The van der Waals surface area contributed by atoms with E-state index >= 15 is 0 Å². The molecule has 0 aliphatic carbocycles. The van der Waals surface area contributed by atoms with Crippen molar-refractivity contribution in [1.29, 1.82) is 0 Å². The molecule has 0 bridgehead atoms. The molecule has 2 aromatic rings. The molecule has 0 fully saturated rings. The van der Waals surface area contributed by atoms with Crippen LogP contribution >= 0.6 is 23.2 Å². The summed E-state index contributed by atoms with van der Waals surface area (Å²) >= 11 is 12.3. The molecule has 20 heavy (non-hydrogen) atoms. The third kappa shape index (κ3) is 3.53. The highest BCUT2D eigenvalue weighted by Crippen LogP contribution is 2.35. The summed E-state index contributed by atoms with van der Waals surface area (Å²) in [5.41, 5.74) is 8.18. The second-order valence-electron chi connectivity index (χ2n) is 4.48. The van der Waals surface area contributed by atoms with Crippen LogP contribution in [-0.4, -0.2) is 6.61 Å². The molecule has 0 saturated heterocycles. The van der Waals surface area contributed by atoms with Crippen LogP contribution < -0.4 is 5.73 Å². The van der Waals surface area contributed by atoms with Crippen LogP contribution in [0.3, 0.4) is 0 Å². The van der Waals surface area contributed by atoms with Gasteiger partial charge in [0.25, 0.3) is 0 Å². The Balaban J connectivity index is 2.36. The van der Waals surface area contributed by atoms with Gasteiger partial charge in [-0.05, 0) is 36.2 Å². The van der Waals surface area contributed by atoms with Crippen LogP contribution in [0.25, 0.3) is 0 Å². The first-order valence-corrected chi connectivity index (χ1v) is 7.26. The molecule has 0 spiro atoms. The van der Waals surface area contributed by atoms with Crippen molar-refractivity contribution in [2.24, 2.45) is 5.73 Å². The summed E-state index contributed by atoms with van der Waals surface area (Å²) in [7, 11) is 0. The van der Waals surface area contributed by atoms with Crippen molar-refractivity contribution < 1.29 is 4.74 Å². The number of halogens is 2. The van der Waals surface area contributed by atoms with Crippen LogP contribution in [-0.2, 0) is 4.74 Å². The molecule has 2 unspecified atom stereocenters. The lowest BCUT2D eigenvalue weighted by molar-refractivity contribution is 0.0429. The molecular formula is C16H17Cl2NO. The highest BCUT2D eigenvalue weighted by atomic mass is 35.5. The zero-order chi connectivity index (χ0) is 14.5. The number of hydrogen-bond acceptors (Lipinski definition) is 2. The maximum absolute atomic E-state index is 6.36. The summed E-state index contributed by atoms with van der Waals surface area (Å²) in [6.07, 6.45) is -0.253. The van der Waals surface area contributed by atoms with Crippen LogP contribution in [0.5, 0.6) is 0 Å². The van der Waals surface area contributed by atoms with Crippen LogP contribution in [0.4, 0.5) is 0 Å². The highest BCUT2D eigenvalue weighted by molar-refractivity contribution is 6.33. The fourth-order valence-electron chi connectivity index (χ4n) is 2.16. The number of ether oxygens (including phenoxy) is 1. The topological polar surface area (TPSA) is 35.2 Å². The zero-order valence-electron chi connectivity index (χ0n) is 11.2. The molecule has 0 aromatic heterocycles. The van der Waals surface area contributed by atoms with Gasteiger partial charge < -0.3 is 10.5 Å². The van der Waals surface area contributed by atoms with Crippen molar-refractivity contribution in [3.63, 3.8) is 0 Å². The minimum atomic E-state index is -0.372. The van der Waals surface area contributed by atoms with Gasteiger partial charge in [0.1, 0.15) is 6.10 Å². The van der Waals surface area contributed by atoms with Crippen LogP contribution in [0, 0.1) is 0 Å². The average Bonchev–Trinajstić information content (AvgIpc) is 2.47. The quantitative estimate of drug-likeness (QED) is 0.863. The van der Waals surface area contributed by atoms with Crippen LogP contribution in [0.15, 0.2) is 48.5 Å². The summed E-state index contributed by atoms with van der Waals surface area (Å²) in [5.74, 6) is 0. The van der Waals surface area contributed by atoms with Gasteiger partial charge >= 0.3 is 0 Å². The molecule has 0 saturated carbocycles. The molecule has 0 radical (unpaired) electrons. The van der Waals surface area contributed by atoms with Crippen molar-refractivity contribution in [3.8, 4) is 0 Å². The minimum Gasteiger partial charge on any atom is -0.372 e. The fraction of sp³-hybridized carbons (Fsp3) is 0.250. The van der Waals surface area contributed by atoms with E-state index in [-0.39, 0.29) is 12.1 Å². The number of rotatable bonds is 5. The predicted octanol–water partition coefficient (Wildman–Crippen LogP) is 4.77. The number of benzene rings is 2. The summed E-state index contributed by atoms with van der Waals surface area (Å²) < 4.78 is 5.81. The number of nitrogens with two attached hydrogens (primary N) is 1. The van der Waals surface area contributed by atoms with Crippen molar-refractivity contribution >= 4 is 23.2 Å². The van der Waals surface area contributed by atoms with Crippen molar-refractivity contribution in [2.75, 3.05) is 6.61 Å². The lowest BCUT2D eigenvalue weighted by Gasteiger charge is -2.25. The Labute approximate surface area is 129 Å². The van der Waals surface area contributed by atoms with E-state index in [0.29, 0.717) is 16.7 Å². The lowest BCUT2D eigenvalue weighted by Crippen LogP contribution is -2.22. The van der Waals surface area contributed by atoms with Crippen molar-refractivity contribution in [2.45, 2.75) is 19.1 Å². The molecule has 0 aliphatic heterocycles. The Hall–Kier alpha value is -1.06. The van der Waals surface area contributed by atoms with Gasteiger partial charge in [-0.25, -0.2) is 0 Å². The molecule has 2 atom stereocenters. The summed E-state index contributed by atoms with van der Waals surface area (Å²) in [5, 5.41) is 1.21. The Morgan fingerprint density at radius 2 is 1.80 bits per heavy atom. The van der Waals surface area contributed by atoms with Gasteiger partial charge in [-0.15, -0.1) is 0 Å². The molecule has 2 N–H and O–H groups in total. The van der Waals surface area contributed by atoms with E-state index in [4.69, 9.17) is 33.7 Å². The van der Waals surface area contributed by atoms with Gasteiger partial charge in [-0.2, -0.15) is 0 Å². The lowest BCUT2D eigenvalue weighted by atomic mass is 9.96.